The molecule has 212 valence electrons. The second-order valence-electron chi connectivity index (χ2n) is 14.8. The number of rotatable bonds is 4. The Morgan fingerprint density at radius 2 is 0.846 bits per heavy atom. The van der Waals surface area contributed by atoms with Gasteiger partial charge in [0, 0.05) is 5.30 Å². The van der Waals surface area contributed by atoms with E-state index >= 15 is 0 Å². The molecule has 0 amide bonds. The Kier molecular flexibility index (Phi) is 8.44. The van der Waals surface area contributed by atoms with Gasteiger partial charge in [-0.3, -0.25) is 4.55 Å². The van der Waals surface area contributed by atoms with Gasteiger partial charge in [0.2, 0.25) is 0 Å². The normalized spacial score (nSPS) is 13.7. The average Bonchev–Trinajstić information content (AvgIpc) is 2.76. The van der Waals surface area contributed by atoms with Gasteiger partial charge in [-0.25, -0.2) is 0 Å². The summed E-state index contributed by atoms with van der Waals surface area (Å²) in [4.78, 5) is -0.0203. The molecule has 0 atom stereocenters. The maximum Gasteiger partial charge on any atom is 0.295 e. The van der Waals surface area contributed by atoms with Crippen molar-refractivity contribution >= 4 is 34.0 Å². The summed E-state index contributed by atoms with van der Waals surface area (Å²) in [6, 6.07) is 20.5. The van der Waals surface area contributed by atoms with Crippen molar-refractivity contribution in [1.29, 1.82) is 0 Å². The summed E-state index contributed by atoms with van der Waals surface area (Å²) in [7, 11) is -5.76. The number of benzene rings is 3. The van der Waals surface area contributed by atoms with Crippen LogP contribution in [0.5, 0.6) is 0 Å². The minimum Gasteiger partial charge on any atom is -0.282 e. The third-order valence-corrected chi connectivity index (χ3v) is 10.7. The van der Waals surface area contributed by atoms with Gasteiger partial charge in [0.05, 0.1) is 0 Å². The summed E-state index contributed by atoms with van der Waals surface area (Å²) in [6.07, 6.45) is 0. The van der Waals surface area contributed by atoms with E-state index in [1.807, 2.05) is 12.1 Å². The highest BCUT2D eigenvalue weighted by molar-refractivity contribution is 7.88. The molecule has 0 saturated heterocycles. The predicted molar refractivity (Wildman–Crippen MR) is 170 cm³/mol. The average molecular weight is 567 g/mol. The Morgan fingerprint density at radius 3 is 1.13 bits per heavy atom. The molecule has 0 radical (unpaired) electrons. The molecular weight excluding hydrogens is 519 g/mol. The first kappa shape index (κ1) is 31.5. The van der Waals surface area contributed by atoms with Crippen molar-refractivity contribution in [2.75, 3.05) is 0 Å². The van der Waals surface area contributed by atoms with Crippen LogP contribution in [0, 0.1) is 0 Å². The van der Waals surface area contributed by atoms with Crippen LogP contribution in [0.2, 0.25) is 0 Å². The van der Waals surface area contributed by atoms with E-state index in [2.05, 4.69) is 119 Å². The van der Waals surface area contributed by atoms with Crippen LogP contribution in [0.25, 0.3) is 0 Å². The van der Waals surface area contributed by atoms with E-state index in [4.69, 9.17) is 0 Å². The summed E-state index contributed by atoms with van der Waals surface area (Å²) in [5.41, 5.74) is 4.48. The topological polar surface area (TPSA) is 54.4 Å². The van der Waals surface area contributed by atoms with Crippen LogP contribution < -0.4 is 15.9 Å². The van der Waals surface area contributed by atoms with Crippen molar-refractivity contribution in [2.45, 2.75) is 110 Å². The highest BCUT2D eigenvalue weighted by atomic mass is 32.2. The molecule has 3 nitrogen and oxygen atoms in total. The van der Waals surface area contributed by atoms with Crippen LogP contribution in [0.15, 0.2) is 65.6 Å². The second kappa shape index (κ2) is 10.4. The highest BCUT2D eigenvalue weighted by Crippen LogP contribution is 2.41. The molecule has 0 aromatic heterocycles. The molecule has 3 aromatic carbocycles. The van der Waals surface area contributed by atoms with Gasteiger partial charge in [-0.05, 0) is 68.5 Å². The molecule has 0 aliphatic carbocycles. The largest absolute Gasteiger partial charge is 0.295 e. The fourth-order valence-electron chi connectivity index (χ4n) is 4.50. The first-order valence-electron chi connectivity index (χ1n) is 13.7. The molecule has 0 fully saturated rings. The maximum atomic E-state index is 12.7. The van der Waals surface area contributed by atoms with Crippen LogP contribution in [0.3, 0.4) is 0 Å². The number of hydrogen-bond acceptors (Lipinski definition) is 2. The minimum absolute atomic E-state index is 0.0203. The van der Waals surface area contributed by atoms with E-state index in [9.17, 15) is 13.0 Å². The zero-order valence-corrected chi connectivity index (χ0v) is 27.6. The molecular formula is C34H47O3PS. The fourth-order valence-corrected chi connectivity index (χ4v) is 8.16. The summed E-state index contributed by atoms with van der Waals surface area (Å²) in [5.74, 6) is 0. The Balaban J connectivity index is 2.55. The lowest BCUT2D eigenvalue weighted by Crippen LogP contribution is -2.29. The van der Waals surface area contributed by atoms with E-state index in [0.717, 1.165) is 10.6 Å². The van der Waals surface area contributed by atoms with E-state index < -0.39 is 18.0 Å². The fraction of sp³-hybridized carbons (Fsp3) is 0.471. The quantitative estimate of drug-likeness (QED) is 0.258. The third-order valence-electron chi connectivity index (χ3n) is 7.20. The van der Waals surface area contributed by atoms with Crippen molar-refractivity contribution in [1.82, 2.24) is 0 Å². The van der Waals surface area contributed by atoms with Gasteiger partial charge in [-0.1, -0.05) is 138 Å². The van der Waals surface area contributed by atoms with E-state index in [1.165, 1.54) is 28.3 Å². The van der Waals surface area contributed by atoms with Crippen LogP contribution in [-0.2, 0) is 31.8 Å². The van der Waals surface area contributed by atoms with Crippen molar-refractivity contribution in [2.24, 2.45) is 0 Å². The van der Waals surface area contributed by atoms with E-state index in [1.54, 1.807) is 6.07 Å². The molecule has 0 aliphatic rings. The van der Waals surface area contributed by atoms with Gasteiger partial charge in [-0.2, -0.15) is 8.42 Å². The highest BCUT2D eigenvalue weighted by Gasteiger charge is 2.30. The Bertz CT molecular complexity index is 1320. The van der Waals surface area contributed by atoms with Crippen molar-refractivity contribution in [3.8, 4) is 0 Å². The maximum absolute atomic E-state index is 12.7. The summed E-state index contributed by atoms with van der Waals surface area (Å²) < 4.78 is 35.7. The van der Waals surface area contributed by atoms with Gasteiger partial charge in [0.15, 0.2) is 0 Å². The molecule has 0 saturated carbocycles. The van der Waals surface area contributed by atoms with E-state index in [-0.39, 0.29) is 26.6 Å². The zero-order chi connectivity index (χ0) is 29.8. The van der Waals surface area contributed by atoms with Gasteiger partial charge in [0.1, 0.15) is 4.90 Å². The van der Waals surface area contributed by atoms with Crippen molar-refractivity contribution in [3.05, 3.63) is 82.9 Å². The molecule has 0 heterocycles. The minimum atomic E-state index is -4.43. The van der Waals surface area contributed by atoms with Gasteiger partial charge in [-0.15, -0.1) is 0 Å². The van der Waals surface area contributed by atoms with Crippen LogP contribution in [0.1, 0.15) is 105 Å². The smallest absolute Gasteiger partial charge is 0.282 e. The zero-order valence-electron chi connectivity index (χ0n) is 25.9. The lowest BCUT2D eigenvalue weighted by molar-refractivity contribution is 0.484. The van der Waals surface area contributed by atoms with Crippen molar-refractivity contribution in [3.63, 3.8) is 0 Å². The van der Waals surface area contributed by atoms with Gasteiger partial charge in [0.25, 0.3) is 10.1 Å². The Hall–Kier alpha value is -2.00. The Labute approximate surface area is 239 Å². The molecule has 0 spiro atoms. The standard InChI is InChI=1S/C34H47O3PS/c1-31(2,3)23-17-24(32(4,5)6)20-27(19-23)38(29-15-13-14-16-30(29)39(35,36)37)28-21-25(33(7,8)9)18-26(22-28)34(10,11)12/h13-22H,1-12H3,(H,35,36,37). The second-order valence-corrected chi connectivity index (χ2v) is 18.4. The van der Waals surface area contributed by atoms with E-state index in [0.29, 0.717) is 5.30 Å². The molecule has 5 heteroatoms. The van der Waals surface area contributed by atoms with Gasteiger partial charge < -0.3 is 0 Å². The lowest BCUT2D eigenvalue weighted by atomic mass is 9.81. The summed E-state index contributed by atoms with van der Waals surface area (Å²) in [5, 5.41) is 2.82. The molecule has 3 rings (SSSR count). The van der Waals surface area contributed by atoms with Crippen LogP contribution in [0.4, 0.5) is 0 Å². The molecule has 0 unspecified atom stereocenters. The van der Waals surface area contributed by atoms with Crippen molar-refractivity contribution < 1.29 is 13.0 Å². The molecule has 0 bridgehead atoms. The molecule has 0 aliphatic heterocycles. The monoisotopic (exact) mass is 566 g/mol. The van der Waals surface area contributed by atoms with Crippen LogP contribution >= 0.6 is 7.92 Å². The predicted octanol–water partition coefficient (Wildman–Crippen LogP) is 7.88. The third kappa shape index (κ3) is 7.40. The van der Waals surface area contributed by atoms with Gasteiger partial charge >= 0.3 is 0 Å². The molecule has 39 heavy (non-hydrogen) atoms. The Morgan fingerprint density at radius 1 is 0.538 bits per heavy atom. The SMILES string of the molecule is CC(C)(C)c1cc(P(c2cc(C(C)(C)C)cc(C(C)(C)C)c2)c2ccccc2S(=O)(=O)O)cc(C(C)(C)C)c1. The molecule has 3 aromatic rings. The molecule has 1 N–H and O–H groups in total. The number of hydrogen-bond donors (Lipinski definition) is 1. The first-order chi connectivity index (χ1) is 17.5. The lowest BCUT2D eigenvalue weighted by Gasteiger charge is -2.31. The summed E-state index contributed by atoms with van der Waals surface area (Å²) >= 11 is 0. The first-order valence-corrected chi connectivity index (χ1v) is 16.5. The summed E-state index contributed by atoms with van der Waals surface area (Å²) in [6.45, 7) is 26.6. The van der Waals surface area contributed by atoms with Crippen LogP contribution in [-0.4, -0.2) is 13.0 Å².